The minimum absolute atomic E-state index is 0.0474. The standard InChI is InChI=1S/C11H14BrNO4S2/c1-6-4-13(5-8(6)11(14)15)19(16,17)9-3-10(12)18-7(9)2/h3,6,8H,4-5H2,1-2H3,(H,14,15)/t6-,8-/m1/s1. The second-order valence-corrected chi connectivity index (χ2v) is 9.26. The van der Waals surface area contributed by atoms with Crippen LogP contribution in [0.5, 0.6) is 0 Å². The summed E-state index contributed by atoms with van der Waals surface area (Å²) in [5, 5.41) is 9.07. The molecule has 1 fully saturated rings. The van der Waals surface area contributed by atoms with Gasteiger partial charge in [0.1, 0.15) is 0 Å². The molecule has 8 heteroatoms. The molecule has 1 aliphatic rings. The summed E-state index contributed by atoms with van der Waals surface area (Å²) in [6, 6.07) is 1.58. The minimum atomic E-state index is -3.60. The van der Waals surface area contributed by atoms with Crippen LogP contribution >= 0.6 is 27.3 Å². The summed E-state index contributed by atoms with van der Waals surface area (Å²) < 4.78 is 27.0. The van der Waals surface area contributed by atoms with E-state index in [1.165, 1.54) is 15.6 Å². The van der Waals surface area contributed by atoms with E-state index in [1.807, 2.05) is 0 Å². The first-order chi connectivity index (χ1) is 8.73. The average Bonchev–Trinajstić information content (AvgIpc) is 2.82. The molecule has 19 heavy (non-hydrogen) atoms. The maximum atomic E-state index is 12.5. The maximum Gasteiger partial charge on any atom is 0.308 e. The Kier molecular flexibility index (Phi) is 4.06. The van der Waals surface area contributed by atoms with Crippen LogP contribution in [0.25, 0.3) is 0 Å². The molecule has 2 atom stereocenters. The second kappa shape index (κ2) is 5.16. The molecule has 0 spiro atoms. The van der Waals surface area contributed by atoms with Gasteiger partial charge in [-0.25, -0.2) is 8.42 Å². The fourth-order valence-corrected chi connectivity index (χ4v) is 6.22. The first-order valence-electron chi connectivity index (χ1n) is 5.72. The van der Waals surface area contributed by atoms with E-state index in [9.17, 15) is 13.2 Å². The Hall–Kier alpha value is -0.440. The van der Waals surface area contributed by atoms with Crippen molar-refractivity contribution in [2.45, 2.75) is 18.7 Å². The number of rotatable bonds is 3. The Bertz CT molecular complexity index is 610. The monoisotopic (exact) mass is 367 g/mol. The summed E-state index contributed by atoms with van der Waals surface area (Å²) in [5.74, 6) is -1.74. The van der Waals surface area contributed by atoms with Gasteiger partial charge in [0.2, 0.25) is 10.0 Å². The first-order valence-corrected chi connectivity index (χ1v) is 8.77. The van der Waals surface area contributed by atoms with Crippen LogP contribution in [0.15, 0.2) is 14.7 Å². The van der Waals surface area contributed by atoms with Crippen molar-refractivity contribution in [2.75, 3.05) is 13.1 Å². The van der Waals surface area contributed by atoms with Gasteiger partial charge in [-0.2, -0.15) is 4.31 Å². The second-order valence-electron chi connectivity index (χ2n) is 4.71. The number of hydrogen-bond acceptors (Lipinski definition) is 4. The van der Waals surface area contributed by atoms with Gasteiger partial charge < -0.3 is 5.11 Å². The number of carboxylic acids is 1. The Morgan fingerprint density at radius 2 is 2.16 bits per heavy atom. The zero-order valence-electron chi connectivity index (χ0n) is 10.5. The third kappa shape index (κ3) is 2.72. The molecule has 0 unspecified atom stereocenters. The fourth-order valence-electron chi connectivity index (χ4n) is 2.27. The lowest BCUT2D eigenvalue weighted by molar-refractivity contribution is -0.142. The number of nitrogens with zero attached hydrogens (tertiary/aromatic N) is 1. The highest BCUT2D eigenvalue weighted by Crippen LogP contribution is 2.34. The number of halogens is 1. The van der Waals surface area contributed by atoms with E-state index in [-0.39, 0.29) is 23.9 Å². The Labute approximate surface area is 124 Å². The predicted molar refractivity (Wildman–Crippen MR) is 75.8 cm³/mol. The third-order valence-electron chi connectivity index (χ3n) is 3.36. The van der Waals surface area contributed by atoms with Crippen molar-refractivity contribution in [3.05, 3.63) is 14.7 Å². The van der Waals surface area contributed by atoms with Gasteiger partial charge in [-0.3, -0.25) is 4.79 Å². The molecule has 0 aromatic carbocycles. The van der Waals surface area contributed by atoms with Crippen LogP contribution in [-0.4, -0.2) is 36.9 Å². The molecule has 0 aliphatic carbocycles. The van der Waals surface area contributed by atoms with Crippen LogP contribution in [0.3, 0.4) is 0 Å². The number of carbonyl (C=O) groups is 1. The van der Waals surface area contributed by atoms with Crippen molar-refractivity contribution < 1.29 is 18.3 Å². The lowest BCUT2D eigenvalue weighted by Gasteiger charge is -2.15. The molecular weight excluding hydrogens is 354 g/mol. The van der Waals surface area contributed by atoms with Gasteiger partial charge in [-0.15, -0.1) is 11.3 Å². The quantitative estimate of drug-likeness (QED) is 0.887. The topological polar surface area (TPSA) is 74.7 Å². The molecule has 0 amide bonds. The summed E-state index contributed by atoms with van der Waals surface area (Å²) in [4.78, 5) is 12.0. The number of thiophene rings is 1. The number of aryl methyl sites for hydroxylation is 1. The first kappa shape index (κ1) is 15.0. The molecule has 0 saturated carbocycles. The average molecular weight is 368 g/mol. The molecule has 1 aromatic heterocycles. The summed E-state index contributed by atoms with van der Waals surface area (Å²) in [6.45, 7) is 3.82. The molecule has 5 nitrogen and oxygen atoms in total. The van der Waals surface area contributed by atoms with Gasteiger partial charge in [0, 0.05) is 18.0 Å². The molecule has 0 radical (unpaired) electrons. The molecule has 2 rings (SSSR count). The highest BCUT2D eigenvalue weighted by atomic mass is 79.9. The van der Waals surface area contributed by atoms with E-state index in [0.717, 1.165) is 3.79 Å². The number of carboxylic acid groups (broad SMARTS) is 1. The molecule has 2 heterocycles. The molecule has 1 saturated heterocycles. The summed E-state index contributed by atoms with van der Waals surface area (Å²) in [6.07, 6.45) is 0. The SMILES string of the molecule is Cc1sc(Br)cc1S(=O)(=O)N1C[C@@H](C)[C@H](C(=O)O)C1. The fraction of sp³-hybridized carbons (Fsp3) is 0.545. The van der Waals surface area contributed by atoms with Crippen LogP contribution in [0.4, 0.5) is 0 Å². The van der Waals surface area contributed by atoms with E-state index < -0.39 is 21.9 Å². The predicted octanol–water partition coefficient (Wildman–Crippen LogP) is 2.16. The zero-order chi connectivity index (χ0) is 14.4. The summed E-state index contributed by atoms with van der Waals surface area (Å²) in [7, 11) is -3.60. The van der Waals surface area contributed by atoms with E-state index in [2.05, 4.69) is 15.9 Å². The Morgan fingerprint density at radius 3 is 2.58 bits per heavy atom. The molecular formula is C11H14BrNO4S2. The molecule has 106 valence electrons. The Balaban J connectivity index is 2.32. The van der Waals surface area contributed by atoms with E-state index in [1.54, 1.807) is 19.9 Å². The van der Waals surface area contributed by atoms with Gasteiger partial charge in [0.15, 0.2) is 0 Å². The van der Waals surface area contributed by atoms with Gasteiger partial charge in [0.05, 0.1) is 14.6 Å². The smallest absolute Gasteiger partial charge is 0.308 e. The number of sulfonamides is 1. The number of hydrogen-bond donors (Lipinski definition) is 1. The lowest BCUT2D eigenvalue weighted by Crippen LogP contribution is -2.30. The van der Waals surface area contributed by atoms with Gasteiger partial charge >= 0.3 is 5.97 Å². The van der Waals surface area contributed by atoms with E-state index >= 15 is 0 Å². The van der Waals surface area contributed by atoms with Gasteiger partial charge in [-0.05, 0) is 34.8 Å². The maximum absolute atomic E-state index is 12.5. The largest absolute Gasteiger partial charge is 0.481 e. The van der Waals surface area contributed by atoms with E-state index in [4.69, 9.17) is 5.11 Å². The number of aliphatic carboxylic acids is 1. The van der Waals surface area contributed by atoms with Crippen LogP contribution in [0, 0.1) is 18.8 Å². The zero-order valence-corrected chi connectivity index (χ0v) is 13.7. The van der Waals surface area contributed by atoms with Crippen LogP contribution in [0.1, 0.15) is 11.8 Å². The molecule has 1 aromatic rings. The molecule has 1 N–H and O–H groups in total. The molecule has 0 bridgehead atoms. The third-order valence-corrected chi connectivity index (χ3v) is 7.00. The molecule has 1 aliphatic heterocycles. The van der Waals surface area contributed by atoms with Crippen LogP contribution < -0.4 is 0 Å². The van der Waals surface area contributed by atoms with Crippen LogP contribution in [-0.2, 0) is 14.8 Å². The highest BCUT2D eigenvalue weighted by molar-refractivity contribution is 9.11. The van der Waals surface area contributed by atoms with Crippen molar-refractivity contribution in [3.8, 4) is 0 Å². The van der Waals surface area contributed by atoms with E-state index in [0.29, 0.717) is 4.88 Å². The van der Waals surface area contributed by atoms with Crippen LogP contribution in [0.2, 0.25) is 0 Å². The highest BCUT2D eigenvalue weighted by Gasteiger charge is 2.41. The lowest BCUT2D eigenvalue weighted by atomic mass is 9.99. The summed E-state index contributed by atoms with van der Waals surface area (Å²) >= 11 is 4.63. The van der Waals surface area contributed by atoms with Crippen molar-refractivity contribution in [1.29, 1.82) is 0 Å². The van der Waals surface area contributed by atoms with Gasteiger partial charge in [-0.1, -0.05) is 6.92 Å². The normalized spacial score (nSPS) is 24.8. The van der Waals surface area contributed by atoms with Crippen molar-refractivity contribution in [2.24, 2.45) is 11.8 Å². The van der Waals surface area contributed by atoms with Crippen molar-refractivity contribution in [3.63, 3.8) is 0 Å². The minimum Gasteiger partial charge on any atom is -0.481 e. The van der Waals surface area contributed by atoms with Crippen molar-refractivity contribution >= 4 is 43.3 Å². The van der Waals surface area contributed by atoms with Gasteiger partial charge in [0.25, 0.3) is 0 Å². The summed E-state index contributed by atoms with van der Waals surface area (Å²) in [5.41, 5.74) is 0. The Morgan fingerprint density at radius 1 is 1.53 bits per heavy atom. The van der Waals surface area contributed by atoms with Crippen molar-refractivity contribution in [1.82, 2.24) is 4.31 Å².